The van der Waals surface area contributed by atoms with Gasteiger partial charge in [0.25, 0.3) is 0 Å². The minimum atomic E-state index is -3.19. The first kappa shape index (κ1) is 14.4. The van der Waals surface area contributed by atoms with Crippen LogP contribution in [0.25, 0.3) is 0 Å². The van der Waals surface area contributed by atoms with Gasteiger partial charge in [0.15, 0.2) is 11.5 Å². The summed E-state index contributed by atoms with van der Waals surface area (Å²) >= 11 is 0. The normalized spacial score (nSPS) is 21.1. The number of rotatable bonds is 6. The monoisotopic (exact) mass is 294 g/mol. The van der Waals surface area contributed by atoms with E-state index in [-0.39, 0.29) is 5.92 Å². The molecule has 1 aliphatic rings. The van der Waals surface area contributed by atoms with E-state index in [1.54, 1.807) is 0 Å². The summed E-state index contributed by atoms with van der Waals surface area (Å²) in [5, 5.41) is 8.80. The molecule has 1 aromatic rings. The summed E-state index contributed by atoms with van der Waals surface area (Å²) in [4.78, 5) is 10.7. The van der Waals surface area contributed by atoms with Crippen molar-refractivity contribution in [2.45, 2.75) is 25.6 Å². The summed E-state index contributed by atoms with van der Waals surface area (Å²) < 4.78 is 56.9. The number of hydrogen-bond donors (Lipinski definition) is 1. The molecule has 1 aliphatic carbocycles. The van der Waals surface area contributed by atoms with E-state index in [1.807, 2.05) is 0 Å². The van der Waals surface area contributed by atoms with Crippen molar-refractivity contribution < 1.29 is 36.9 Å². The van der Waals surface area contributed by atoms with Gasteiger partial charge in [-0.15, -0.1) is 0 Å². The van der Waals surface area contributed by atoms with Crippen LogP contribution in [0.4, 0.5) is 17.6 Å². The van der Waals surface area contributed by atoms with Crippen molar-refractivity contribution in [2.24, 2.45) is 5.92 Å². The highest BCUT2D eigenvalue weighted by molar-refractivity contribution is 5.75. The lowest BCUT2D eigenvalue weighted by molar-refractivity contribution is -0.138. The SMILES string of the molecule is O=C(O)C1CC1c1ccc(OC(F)F)c(OC(F)F)c1. The third-order valence-corrected chi connectivity index (χ3v) is 2.94. The second-order valence-electron chi connectivity index (χ2n) is 4.25. The van der Waals surface area contributed by atoms with Crippen LogP contribution in [0.2, 0.25) is 0 Å². The average molecular weight is 294 g/mol. The molecule has 0 aromatic heterocycles. The van der Waals surface area contributed by atoms with Gasteiger partial charge in [-0.2, -0.15) is 17.6 Å². The number of benzene rings is 1. The predicted octanol–water partition coefficient (Wildman–Crippen LogP) is 3.08. The molecule has 2 unspecified atom stereocenters. The maximum atomic E-state index is 12.2. The largest absolute Gasteiger partial charge is 0.481 e. The molecule has 0 radical (unpaired) electrons. The Hall–Kier alpha value is -1.99. The maximum Gasteiger partial charge on any atom is 0.387 e. The van der Waals surface area contributed by atoms with Crippen LogP contribution in [-0.4, -0.2) is 24.3 Å². The zero-order valence-corrected chi connectivity index (χ0v) is 9.93. The molecule has 110 valence electrons. The third-order valence-electron chi connectivity index (χ3n) is 2.94. The van der Waals surface area contributed by atoms with Crippen LogP contribution in [0.1, 0.15) is 17.9 Å². The smallest absolute Gasteiger partial charge is 0.387 e. The topological polar surface area (TPSA) is 55.8 Å². The molecule has 4 nitrogen and oxygen atoms in total. The molecule has 20 heavy (non-hydrogen) atoms. The highest BCUT2D eigenvalue weighted by Gasteiger charge is 2.44. The van der Waals surface area contributed by atoms with Crippen molar-refractivity contribution in [3.05, 3.63) is 23.8 Å². The van der Waals surface area contributed by atoms with Gasteiger partial charge < -0.3 is 14.6 Å². The standard InChI is InChI=1S/C12H10F4O4/c13-11(14)19-8-2-1-5(3-9(8)20-12(15)16)6-4-7(6)10(17)18/h1-3,6-7,11-12H,4H2,(H,17,18). The van der Waals surface area contributed by atoms with Crippen molar-refractivity contribution in [1.29, 1.82) is 0 Å². The number of hydrogen-bond acceptors (Lipinski definition) is 3. The van der Waals surface area contributed by atoms with E-state index in [0.717, 1.165) is 12.1 Å². The van der Waals surface area contributed by atoms with Gasteiger partial charge in [0.1, 0.15) is 0 Å². The van der Waals surface area contributed by atoms with E-state index < -0.39 is 36.6 Å². The Bertz CT molecular complexity index is 506. The fourth-order valence-corrected chi connectivity index (χ4v) is 1.97. The van der Waals surface area contributed by atoms with Crippen LogP contribution in [-0.2, 0) is 4.79 Å². The first-order valence-corrected chi connectivity index (χ1v) is 5.65. The van der Waals surface area contributed by atoms with Gasteiger partial charge in [0.05, 0.1) is 5.92 Å². The number of carboxylic acid groups (broad SMARTS) is 1. The molecule has 2 atom stereocenters. The van der Waals surface area contributed by atoms with Crippen LogP contribution in [0, 0.1) is 5.92 Å². The van der Waals surface area contributed by atoms with E-state index in [4.69, 9.17) is 5.11 Å². The van der Waals surface area contributed by atoms with E-state index >= 15 is 0 Å². The number of carbonyl (C=O) groups is 1. The zero-order valence-electron chi connectivity index (χ0n) is 9.93. The number of carboxylic acids is 1. The minimum Gasteiger partial charge on any atom is -0.481 e. The molecule has 0 spiro atoms. The van der Waals surface area contributed by atoms with Gasteiger partial charge in [-0.05, 0) is 30.0 Å². The van der Waals surface area contributed by atoms with Crippen molar-refractivity contribution >= 4 is 5.97 Å². The van der Waals surface area contributed by atoms with E-state index in [2.05, 4.69) is 9.47 Å². The number of alkyl halides is 4. The summed E-state index contributed by atoms with van der Waals surface area (Å²) in [6.07, 6.45) is 0.374. The molecule has 2 rings (SSSR count). The molecular formula is C12H10F4O4. The van der Waals surface area contributed by atoms with Crippen LogP contribution in [0.15, 0.2) is 18.2 Å². The Morgan fingerprint density at radius 3 is 2.25 bits per heavy atom. The first-order valence-electron chi connectivity index (χ1n) is 5.65. The molecule has 0 saturated heterocycles. The van der Waals surface area contributed by atoms with Crippen molar-refractivity contribution in [2.75, 3.05) is 0 Å². The van der Waals surface area contributed by atoms with Crippen LogP contribution >= 0.6 is 0 Å². The number of aliphatic carboxylic acids is 1. The highest BCUT2D eigenvalue weighted by atomic mass is 19.3. The predicted molar refractivity (Wildman–Crippen MR) is 58.2 cm³/mol. The summed E-state index contributed by atoms with van der Waals surface area (Å²) in [7, 11) is 0. The Morgan fingerprint density at radius 2 is 1.75 bits per heavy atom. The Balaban J connectivity index is 2.22. The summed E-state index contributed by atoms with van der Waals surface area (Å²) in [5.74, 6) is -2.95. The average Bonchev–Trinajstić information content (AvgIpc) is 3.10. The summed E-state index contributed by atoms with van der Waals surface area (Å²) in [5.41, 5.74) is 0.440. The summed E-state index contributed by atoms with van der Waals surface area (Å²) in [6, 6.07) is 3.54. The van der Waals surface area contributed by atoms with Gasteiger partial charge >= 0.3 is 19.2 Å². The molecule has 1 N–H and O–H groups in total. The van der Waals surface area contributed by atoms with Gasteiger partial charge in [0.2, 0.25) is 0 Å². The summed E-state index contributed by atoms with van der Waals surface area (Å²) in [6.45, 7) is -6.37. The second-order valence-corrected chi connectivity index (χ2v) is 4.25. The molecule has 0 bridgehead atoms. The second kappa shape index (κ2) is 5.56. The van der Waals surface area contributed by atoms with Gasteiger partial charge in [0, 0.05) is 0 Å². The fourth-order valence-electron chi connectivity index (χ4n) is 1.97. The maximum absolute atomic E-state index is 12.2. The molecular weight excluding hydrogens is 284 g/mol. The quantitative estimate of drug-likeness (QED) is 0.819. The number of ether oxygens (including phenoxy) is 2. The minimum absolute atomic E-state index is 0.326. The number of halogens is 4. The van der Waals surface area contributed by atoms with Gasteiger partial charge in [-0.25, -0.2) is 0 Å². The Labute approximate surface area is 110 Å². The van der Waals surface area contributed by atoms with Crippen molar-refractivity contribution in [3.63, 3.8) is 0 Å². The molecule has 8 heteroatoms. The molecule has 1 saturated carbocycles. The van der Waals surface area contributed by atoms with Crippen LogP contribution in [0.5, 0.6) is 11.5 Å². The Kier molecular flexibility index (Phi) is 4.01. The molecule has 1 aromatic carbocycles. The third kappa shape index (κ3) is 3.31. The van der Waals surface area contributed by atoms with Crippen molar-refractivity contribution in [1.82, 2.24) is 0 Å². The van der Waals surface area contributed by atoms with Crippen LogP contribution in [0.3, 0.4) is 0 Å². The lowest BCUT2D eigenvalue weighted by atomic mass is 10.1. The van der Waals surface area contributed by atoms with Gasteiger partial charge in [-0.1, -0.05) is 6.07 Å². The molecule has 1 fully saturated rings. The molecule has 0 aliphatic heterocycles. The molecule has 0 heterocycles. The van der Waals surface area contributed by atoms with Crippen LogP contribution < -0.4 is 9.47 Å². The Morgan fingerprint density at radius 1 is 1.15 bits per heavy atom. The van der Waals surface area contributed by atoms with E-state index in [9.17, 15) is 22.4 Å². The van der Waals surface area contributed by atoms with Crippen molar-refractivity contribution in [3.8, 4) is 11.5 Å². The van der Waals surface area contributed by atoms with Gasteiger partial charge in [-0.3, -0.25) is 4.79 Å². The van der Waals surface area contributed by atoms with E-state index in [0.29, 0.717) is 12.0 Å². The lowest BCUT2D eigenvalue weighted by Crippen LogP contribution is -2.08. The lowest BCUT2D eigenvalue weighted by Gasteiger charge is -2.13. The van der Waals surface area contributed by atoms with E-state index in [1.165, 1.54) is 6.07 Å². The fraction of sp³-hybridized carbons (Fsp3) is 0.417. The zero-order chi connectivity index (χ0) is 14.9. The first-order chi connectivity index (χ1) is 9.38. The highest BCUT2D eigenvalue weighted by Crippen LogP contribution is 2.49. The molecule has 0 amide bonds.